The molecule has 0 aliphatic carbocycles. The number of esters is 1. The summed E-state index contributed by atoms with van der Waals surface area (Å²) < 4.78 is 19.0. The average molecular weight is 433 g/mol. The van der Waals surface area contributed by atoms with Crippen LogP contribution in [0.3, 0.4) is 0 Å². The van der Waals surface area contributed by atoms with Gasteiger partial charge >= 0.3 is 5.97 Å². The van der Waals surface area contributed by atoms with Gasteiger partial charge in [0.15, 0.2) is 0 Å². The van der Waals surface area contributed by atoms with E-state index in [1.165, 1.54) is 6.07 Å². The number of carbonyl (C=O) groups is 2. The summed E-state index contributed by atoms with van der Waals surface area (Å²) in [5, 5.41) is 3.38. The lowest BCUT2D eigenvalue weighted by atomic mass is 9.95. The van der Waals surface area contributed by atoms with E-state index in [2.05, 4.69) is 10.2 Å². The number of nitrogens with one attached hydrogen (secondary N) is 1. The summed E-state index contributed by atoms with van der Waals surface area (Å²) in [5.74, 6) is -0.918. The zero-order chi connectivity index (χ0) is 21.7. The van der Waals surface area contributed by atoms with Gasteiger partial charge in [0.2, 0.25) is 5.91 Å². The highest BCUT2D eigenvalue weighted by Crippen LogP contribution is 2.26. The number of hydrogen-bond donors (Lipinski definition) is 1. The minimum Gasteiger partial charge on any atom is -0.462 e. The van der Waals surface area contributed by atoms with E-state index in [0.29, 0.717) is 60.9 Å². The SMILES string of the molecule is CCOC(=O)c1ccc(C)c(NC(=O)C2CCN(Cc3c(F)cccc3Cl)CC2)c1. The smallest absolute Gasteiger partial charge is 0.338 e. The number of aryl methyl sites for hydroxylation is 1. The van der Waals surface area contributed by atoms with Crippen LogP contribution in [0, 0.1) is 18.7 Å². The molecule has 0 radical (unpaired) electrons. The lowest BCUT2D eigenvalue weighted by Gasteiger charge is -2.31. The molecule has 7 heteroatoms. The first-order valence-electron chi connectivity index (χ1n) is 10.1. The Morgan fingerprint density at radius 3 is 2.63 bits per heavy atom. The van der Waals surface area contributed by atoms with Crippen molar-refractivity contribution in [2.75, 3.05) is 25.0 Å². The van der Waals surface area contributed by atoms with Crippen molar-refractivity contribution in [3.8, 4) is 0 Å². The molecule has 5 nitrogen and oxygen atoms in total. The molecule has 2 aromatic carbocycles. The van der Waals surface area contributed by atoms with Crippen LogP contribution < -0.4 is 5.32 Å². The molecule has 30 heavy (non-hydrogen) atoms. The van der Waals surface area contributed by atoms with Gasteiger partial charge in [-0.15, -0.1) is 0 Å². The van der Waals surface area contributed by atoms with E-state index >= 15 is 0 Å². The van der Waals surface area contributed by atoms with Gasteiger partial charge in [-0.2, -0.15) is 0 Å². The van der Waals surface area contributed by atoms with Gasteiger partial charge in [-0.05, 0) is 69.6 Å². The van der Waals surface area contributed by atoms with E-state index in [9.17, 15) is 14.0 Å². The van der Waals surface area contributed by atoms with Crippen LogP contribution in [0.15, 0.2) is 36.4 Å². The number of hydrogen-bond acceptors (Lipinski definition) is 4. The largest absolute Gasteiger partial charge is 0.462 e. The minimum atomic E-state index is -0.409. The van der Waals surface area contributed by atoms with Crippen molar-refractivity contribution in [1.82, 2.24) is 4.90 Å². The Morgan fingerprint density at radius 1 is 1.23 bits per heavy atom. The lowest BCUT2D eigenvalue weighted by Crippen LogP contribution is -2.38. The molecule has 0 saturated carbocycles. The first-order valence-corrected chi connectivity index (χ1v) is 10.5. The number of likely N-dealkylation sites (tertiary alicyclic amines) is 1. The van der Waals surface area contributed by atoms with Crippen LogP contribution >= 0.6 is 11.6 Å². The fourth-order valence-electron chi connectivity index (χ4n) is 3.59. The molecule has 0 atom stereocenters. The number of carbonyl (C=O) groups excluding carboxylic acids is 2. The lowest BCUT2D eigenvalue weighted by molar-refractivity contribution is -0.121. The third-order valence-corrected chi connectivity index (χ3v) is 5.76. The Morgan fingerprint density at radius 2 is 1.97 bits per heavy atom. The Balaban J connectivity index is 1.58. The zero-order valence-electron chi connectivity index (χ0n) is 17.2. The Labute approximate surface area is 181 Å². The monoisotopic (exact) mass is 432 g/mol. The van der Waals surface area contributed by atoms with Crippen molar-refractivity contribution in [2.24, 2.45) is 5.92 Å². The standard InChI is InChI=1S/C23H26ClFN2O3/c1-3-30-23(29)17-8-7-15(2)21(13-17)26-22(28)16-9-11-27(12-10-16)14-18-19(24)5-4-6-20(18)25/h4-8,13,16H,3,9-12,14H2,1-2H3,(H,26,28). The quantitative estimate of drug-likeness (QED) is 0.665. The van der Waals surface area contributed by atoms with Crippen molar-refractivity contribution in [3.63, 3.8) is 0 Å². The highest BCUT2D eigenvalue weighted by atomic mass is 35.5. The molecule has 1 N–H and O–H groups in total. The maximum Gasteiger partial charge on any atom is 0.338 e. The minimum absolute atomic E-state index is 0.0670. The van der Waals surface area contributed by atoms with Crippen LogP contribution in [-0.4, -0.2) is 36.5 Å². The molecule has 0 spiro atoms. The molecule has 1 fully saturated rings. The molecule has 1 aliphatic rings. The molecule has 1 saturated heterocycles. The van der Waals surface area contributed by atoms with Crippen molar-refractivity contribution in [1.29, 1.82) is 0 Å². The van der Waals surface area contributed by atoms with Gasteiger partial charge in [-0.25, -0.2) is 9.18 Å². The summed E-state index contributed by atoms with van der Waals surface area (Å²) in [7, 11) is 0. The molecular formula is C23H26ClFN2O3. The highest BCUT2D eigenvalue weighted by Gasteiger charge is 2.26. The van der Waals surface area contributed by atoms with Crippen molar-refractivity contribution in [2.45, 2.75) is 33.2 Å². The predicted molar refractivity (Wildman–Crippen MR) is 115 cm³/mol. The fraction of sp³-hybridized carbons (Fsp3) is 0.391. The van der Waals surface area contributed by atoms with Gasteiger partial charge in [0.1, 0.15) is 5.82 Å². The summed E-state index contributed by atoms with van der Waals surface area (Å²) in [5.41, 5.74) is 2.40. The van der Waals surface area contributed by atoms with E-state index in [-0.39, 0.29) is 17.6 Å². The summed E-state index contributed by atoms with van der Waals surface area (Å²) in [4.78, 5) is 26.8. The molecule has 2 aromatic rings. The van der Waals surface area contributed by atoms with Crippen LogP contribution in [-0.2, 0) is 16.1 Å². The molecule has 0 aromatic heterocycles. The number of halogens is 2. The van der Waals surface area contributed by atoms with Gasteiger partial charge in [0, 0.05) is 28.7 Å². The highest BCUT2D eigenvalue weighted by molar-refractivity contribution is 6.31. The molecule has 160 valence electrons. The van der Waals surface area contributed by atoms with E-state index in [0.717, 1.165) is 5.56 Å². The maximum atomic E-state index is 14.0. The summed E-state index contributed by atoms with van der Waals surface area (Å²) >= 11 is 6.12. The predicted octanol–water partition coefficient (Wildman–Crippen LogP) is 4.81. The van der Waals surface area contributed by atoms with Crippen LogP contribution in [0.1, 0.15) is 41.3 Å². The van der Waals surface area contributed by atoms with Gasteiger partial charge in [-0.1, -0.05) is 23.7 Å². The van der Waals surface area contributed by atoms with E-state index in [1.54, 1.807) is 37.3 Å². The number of amides is 1. The van der Waals surface area contributed by atoms with Crippen molar-refractivity contribution >= 4 is 29.2 Å². The van der Waals surface area contributed by atoms with E-state index in [4.69, 9.17) is 16.3 Å². The third-order valence-electron chi connectivity index (χ3n) is 5.41. The van der Waals surface area contributed by atoms with Crippen LogP contribution in [0.25, 0.3) is 0 Å². The molecule has 0 bridgehead atoms. The molecule has 1 heterocycles. The van der Waals surface area contributed by atoms with E-state index < -0.39 is 5.97 Å². The number of piperidine rings is 1. The third kappa shape index (κ3) is 5.37. The first kappa shape index (κ1) is 22.2. The Bertz CT molecular complexity index is 906. The number of nitrogens with zero attached hydrogens (tertiary/aromatic N) is 1. The number of rotatable bonds is 6. The molecule has 0 unspecified atom stereocenters. The van der Waals surface area contributed by atoms with Crippen molar-refractivity contribution < 1.29 is 18.7 Å². The second-order valence-corrected chi connectivity index (χ2v) is 7.90. The average Bonchev–Trinajstić information content (AvgIpc) is 2.73. The van der Waals surface area contributed by atoms with Gasteiger partial charge in [-0.3, -0.25) is 9.69 Å². The van der Waals surface area contributed by atoms with Gasteiger partial charge in [0.05, 0.1) is 12.2 Å². The summed E-state index contributed by atoms with van der Waals surface area (Å²) in [6, 6.07) is 9.83. The second-order valence-electron chi connectivity index (χ2n) is 7.49. The molecule has 3 rings (SSSR count). The number of anilines is 1. The van der Waals surface area contributed by atoms with Crippen molar-refractivity contribution in [3.05, 3.63) is 63.9 Å². The zero-order valence-corrected chi connectivity index (χ0v) is 18.0. The molecule has 1 aliphatic heterocycles. The summed E-state index contributed by atoms with van der Waals surface area (Å²) in [6.45, 7) is 5.73. The second kappa shape index (κ2) is 10.0. The van der Waals surface area contributed by atoms with Gasteiger partial charge in [0.25, 0.3) is 0 Å². The first-order chi connectivity index (χ1) is 14.4. The number of benzene rings is 2. The number of ether oxygens (including phenoxy) is 1. The normalized spacial score (nSPS) is 15.1. The fourth-order valence-corrected chi connectivity index (χ4v) is 3.82. The van der Waals surface area contributed by atoms with Crippen LogP contribution in [0.4, 0.5) is 10.1 Å². The van der Waals surface area contributed by atoms with E-state index in [1.807, 2.05) is 6.92 Å². The summed E-state index contributed by atoms with van der Waals surface area (Å²) in [6.07, 6.45) is 1.35. The maximum absolute atomic E-state index is 14.0. The van der Waals surface area contributed by atoms with Crippen LogP contribution in [0.5, 0.6) is 0 Å². The van der Waals surface area contributed by atoms with Crippen LogP contribution in [0.2, 0.25) is 5.02 Å². The molecular weight excluding hydrogens is 407 g/mol. The Hall–Kier alpha value is -2.44. The Kier molecular flexibility index (Phi) is 7.45. The topological polar surface area (TPSA) is 58.6 Å². The molecule has 1 amide bonds. The van der Waals surface area contributed by atoms with Gasteiger partial charge < -0.3 is 10.1 Å².